The number of aromatic nitrogens is 2. The Kier molecular flexibility index (Phi) is 3.81. The lowest BCUT2D eigenvalue weighted by Gasteiger charge is -2.05. The topological polar surface area (TPSA) is 26.5 Å². The number of ether oxygens (including phenoxy) is 1. The Hall–Kier alpha value is -2.24. The normalized spacial score (nSPS) is 11.0. The van der Waals surface area contributed by atoms with E-state index in [1.54, 1.807) is 30.2 Å². The first-order valence-electron chi connectivity index (χ1n) is 7.18. The molecule has 0 radical (unpaired) electrons. The maximum Gasteiger partial charge on any atom is 0.195 e. The van der Waals surface area contributed by atoms with Crippen LogP contribution in [0.5, 0.6) is 5.75 Å². The SMILES string of the molecule is COc1ccc(Sc2c(-c3ccccc3)nc3sccn23)cc1. The number of methoxy groups -OCH3 is 1. The van der Waals surface area contributed by atoms with E-state index in [9.17, 15) is 0 Å². The molecule has 0 N–H and O–H groups in total. The van der Waals surface area contributed by atoms with Crippen LogP contribution in [0.2, 0.25) is 0 Å². The maximum atomic E-state index is 5.23. The van der Waals surface area contributed by atoms with Crippen molar-refractivity contribution in [2.24, 2.45) is 0 Å². The van der Waals surface area contributed by atoms with E-state index in [4.69, 9.17) is 9.72 Å². The molecular weight excluding hydrogens is 324 g/mol. The molecule has 2 heterocycles. The van der Waals surface area contributed by atoms with Gasteiger partial charge in [-0.2, -0.15) is 0 Å². The predicted octanol–water partition coefficient (Wildman–Crippen LogP) is 5.22. The van der Waals surface area contributed by atoms with E-state index in [-0.39, 0.29) is 0 Å². The lowest BCUT2D eigenvalue weighted by atomic mass is 10.2. The van der Waals surface area contributed by atoms with Gasteiger partial charge < -0.3 is 4.74 Å². The summed E-state index contributed by atoms with van der Waals surface area (Å²) in [5.41, 5.74) is 2.16. The number of rotatable bonds is 4. The van der Waals surface area contributed by atoms with Crippen molar-refractivity contribution in [2.45, 2.75) is 9.92 Å². The second-order valence-electron chi connectivity index (χ2n) is 4.96. The molecule has 0 aliphatic rings. The molecule has 0 bridgehead atoms. The van der Waals surface area contributed by atoms with Crippen molar-refractivity contribution in [3.05, 3.63) is 66.2 Å². The van der Waals surface area contributed by atoms with E-state index in [1.807, 2.05) is 30.3 Å². The van der Waals surface area contributed by atoms with Crippen molar-refractivity contribution >= 4 is 28.1 Å². The standard InChI is InChI=1S/C18H14N2OS2/c1-21-14-7-9-15(10-8-14)23-17-16(13-5-3-2-4-6-13)19-18-20(17)11-12-22-18/h2-12H,1H3. The van der Waals surface area contributed by atoms with Crippen LogP contribution in [-0.2, 0) is 0 Å². The largest absolute Gasteiger partial charge is 0.497 e. The third-order valence-electron chi connectivity index (χ3n) is 3.54. The van der Waals surface area contributed by atoms with Crippen LogP contribution in [-0.4, -0.2) is 16.5 Å². The number of benzene rings is 2. The molecule has 0 amide bonds. The number of hydrogen-bond acceptors (Lipinski definition) is 4. The van der Waals surface area contributed by atoms with E-state index >= 15 is 0 Å². The van der Waals surface area contributed by atoms with Crippen molar-refractivity contribution in [3.8, 4) is 17.0 Å². The van der Waals surface area contributed by atoms with E-state index in [1.165, 1.54) is 0 Å². The van der Waals surface area contributed by atoms with Crippen molar-refractivity contribution in [2.75, 3.05) is 7.11 Å². The number of fused-ring (bicyclic) bond motifs is 1. The van der Waals surface area contributed by atoms with Gasteiger partial charge in [-0.05, 0) is 24.3 Å². The van der Waals surface area contributed by atoms with Gasteiger partial charge in [-0.25, -0.2) is 4.98 Å². The van der Waals surface area contributed by atoms with Gasteiger partial charge in [0.25, 0.3) is 0 Å². The fraction of sp³-hybridized carbons (Fsp3) is 0.0556. The van der Waals surface area contributed by atoms with Crippen LogP contribution in [0.1, 0.15) is 0 Å². The molecule has 114 valence electrons. The highest BCUT2D eigenvalue weighted by Gasteiger charge is 2.16. The highest BCUT2D eigenvalue weighted by atomic mass is 32.2. The Morgan fingerprint density at radius 1 is 1.04 bits per heavy atom. The fourth-order valence-electron chi connectivity index (χ4n) is 2.40. The Balaban J connectivity index is 1.79. The zero-order valence-corrected chi connectivity index (χ0v) is 14.1. The summed E-state index contributed by atoms with van der Waals surface area (Å²) in [4.78, 5) is 6.99. The summed E-state index contributed by atoms with van der Waals surface area (Å²) >= 11 is 3.37. The van der Waals surface area contributed by atoms with Crippen LogP contribution in [0.4, 0.5) is 0 Å². The van der Waals surface area contributed by atoms with Gasteiger partial charge in [0, 0.05) is 22.0 Å². The second kappa shape index (κ2) is 6.10. The second-order valence-corrected chi connectivity index (χ2v) is 6.90. The van der Waals surface area contributed by atoms with E-state index in [0.29, 0.717) is 0 Å². The fourth-order valence-corrected chi connectivity index (χ4v) is 4.18. The van der Waals surface area contributed by atoms with Crippen LogP contribution in [0.25, 0.3) is 16.2 Å². The number of nitrogens with zero attached hydrogens (tertiary/aromatic N) is 2. The average molecular weight is 338 g/mol. The van der Waals surface area contributed by atoms with Crippen molar-refractivity contribution in [3.63, 3.8) is 0 Å². The summed E-state index contributed by atoms with van der Waals surface area (Å²) in [7, 11) is 1.68. The summed E-state index contributed by atoms with van der Waals surface area (Å²) in [6.45, 7) is 0. The third-order valence-corrected chi connectivity index (χ3v) is 5.39. The van der Waals surface area contributed by atoms with E-state index < -0.39 is 0 Å². The Labute approximate surface area is 142 Å². The smallest absolute Gasteiger partial charge is 0.195 e. The van der Waals surface area contributed by atoms with Gasteiger partial charge in [-0.3, -0.25) is 4.40 Å². The summed E-state index contributed by atoms with van der Waals surface area (Å²) in [5, 5.41) is 3.20. The Bertz CT molecular complexity index is 927. The minimum absolute atomic E-state index is 0.867. The molecular formula is C18H14N2OS2. The highest BCUT2D eigenvalue weighted by Crippen LogP contribution is 2.37. The Morgan fingerprint density at radius 3 is 2.57 bits per heavy atom. The zero-order chi connectivity index (χ0) is 15.6. The van der Waals surface area contributed by atoms with Crippen LogP contribution < -0.4 is 4.74 Å². The molecule has 5 heteroatoms. The minimum atomic E-state index is 0.867. The molecule has 4 aromatic rings. The molecule has 0 spiro atoms. The molecule has 0 fully saturated rings. The first-order valence-corrected chi connectivity index (χ1v) is 8.87. The van der Waals surface area contributed by atoms with Gasteiger partial charge in [0.2, 0.25) is 0 Å². The van der Waals surface area contributed by atoms with Gasteiger partial charge >= 0.3 is 0 Å². The molecule has 0 unspecified atom stereocenters. The zero-order valence-electron chi connectivity index (χ0n) is 12.5. The number of imidazole rings is 1. The first-order chi connectivity index (χ1) is 11.3. The molecule has 23 heavy (non-hydrogen) atoms. The average Bonchev–Trinajstić information content (AvgIpc) is 3.19. The Morgan fingerprint density at radius 2 is 1.83 bits per heavy atom. The van der Waals surface area contributed by atoms with Crippen molar-refractivity contribution < 1.29 is 4.74 Å². The molecule has 4 rings (SSSR count). The number of hydrogen-bond donors (Lipinski definition) is 0. The van der Waals surface area contributed by atoms with Crippen LogP contribution in [0.15, 0.2) is 76.1 Å². The van der Waals surface area contributed by atoms with Crippen LogP contribution in [0, 0.1) is 0 Å². The quantitative estimate of drug-likeness (QED) is 0.510. The van der Waals surface area contributed by atoms with Crippen molar-refractivity contribution in [1.82, 2.24) is 9.38 Å². The summed E-state index contributed by atoms with van der Waals surface area (Å²) in [5.74, 6) is 0.867. The summed E-state index contributed by atoms with van der Waals surface area (Å²) < 4.78 is 7.38. The maximum absolute atomic E-state index is 5.23. The molecule has 0 aliphatic heterocycles. The molecule has 0 atom stereocenters. The van der Waals surface area contributed by atoms with Crippen molar-refractivity contribution in [1.29, 1.82) is 0 Å². The predicted molar refractivity (Wildman–Crippen MR) is 95.6 cm³/mol. The monoisotopic (exact) mass is 338 g/mol. The summed E-state index contributed by atoms with van der Waals surface area (Å²) in [6.07, 6.45) is 2.07. The van der Waals surface area contributed by atoms with Gasteiger partial charge in [0.1, 0.15) is 16.5 Å². The van der Waals surface area contributed by atoms with E-state index in [0.717, 1.165) is 31.9 Å². The summed E-state index contributed by atoms with van der Waals surface area (Å²) in [6, 6.07) is 18.4. The van der Waals surface area contributed by atoms with Gasteiger partial charge in [-0.1, -0.05) is 42.1 Å². The molecule has 2 aromatic heterocycles. The molecule has 0 saturated carbocycles. The minimum Gasteiger partial charge on any atom is -0.497 e. The van der Waals surface area contributed by atoms with Gasteiger partial charge in [0.05, 0.1) is 7.11 Å². The highest BCUT2D eigenvalue weighted by molar-refractivity contribution is 7.99. The molecule has 0 saturated heterocycles. The van der Waals surface area contributed by atoms with Crippen LogP contribution in [0.3, 0.4) is 0 Å². The van der Waals surface area contributed by atoms with Gasteiger partial charge in [-0.15, -0.1) is 11.3 Å². The molecule has 3 nitrogen and oxygen atoms in total. The van der Waals surface area contributed by atoms with E-state index in [2.05, 4.69) is 40.2 Å². The molecule has 2 aromatic carbocycles. The van der Waals surface area contributed by atoms with Crippen LogP contribution >= 0.6 is 23.1 Å². The van der Waals surface area contributed by atoms with Gasteiger partial charge in [0.15, 0.2) is 4.96 Å². The lowest BCUT2D eigenvalue weighted by Crippen LogP contribution is -1.85. The lowest BCUT2D eigenvalue weighted by molar-refractivity contribution is 0.414. The third kappa shape index (κ3) is 2.73. The number of thiazole rings is 1. The first kappa shape index (κ1) is 14.4. The molecule has 0 aliphatic carbocycles.